The maximum Gasteiger partial charge on any atom is 0.0998 e. The fourth-order valence-corrected chi connectivity index (χ4v) is 3.32. The van der Waals surface area contributed by atoms with Crippen LogP contribution < -0.4 is 5.32 Å². The van der Waals surface area contributed by atoms with Gasteiger partial charge in [-0.3, -0.25) is 4.68 Å². The van der Waals surface area contributed by atoms with Crippen LogP contribution in [0.1, 0.15) is 30.5 Å². The highest BCUT2D eigenvalue weighted by molar-refractivity contribution is 5.91. The van der Waals surface area contributed by atoms with Gasteiger partial charge in [-0.1, -0.05) is 42.2 Å². The normalized spacial score (nSPS) is 14.3. The summed E-state index contributed by atoms with van der Waals surface area (Å²) in [6, 6.07) is 14.3. The van der Waals surface area contributed by atoms with Crippen LogP contribution in [0.5, 0.6) is 0 Å². The van der Waals surface area contributed by atoms with Crippen LogP contribution in [0.3, 0.4) is 0 Å². The van der Waals surface area contributed by atoms with E-state index in [1.54, 1.807) is 0 Å². The molecule has 128 valence electrons. The van der Waals surface area contributed by atoms with E-state index in [1.165, 1.54) is 0 Å². The Kier molecular flexibility index (Phi) is 3.99. The quantitative estimate of drug-likeness (QED) is 0.729. The summed E-state index contributed by atoms with van der Waals surface area (Å²) in [7, 11) is 0. The van der Waals surface area contributed by atoms with Gasteiger partial charge in [-0.25, -0.2) is 0 Å². The molecule has 0 atom stereocenters. The smallest absolute Gasteiger partial charge is 0.0998 e. The first-order chi connectivity index (χ1) is 12.6. The van der Waals surface area contributed by atoms with Crippen molar-refractivity contribution in [3.8, 4) is 17.9 Å². The number of nitrogens with zero attached hydrogens (tertiary/aromatic N) is 3. The molecule has 1 N–H and O–H groups in total. The average molecular weight is 340 g/mol. The Morgan fingerprint density at radius 3 is 2.62 bits per heavy atom. The van der Waals surface area contributed by atoms with Gasteiger partial charge in [0.15, 0.2) is 0 Å². The third-order valence-electron chi connectivity index (χ3n) is 5.06. The molecule has 0 aliphatic carbocycles. The van der Waals surface area contributed by atoms with Crippen molar-refractivity contribution in [2.24, 2.45) is 5.92 Å². The SMILES string of the molecule is CC(C)(c1ccc(C#N)c2ccccc12)n1cc(C#CC2CNC2)cn1. The zero-order valence-corrected chi connectivity index (χ0v) is 15.0. The number of rotatable bonds is 2. The molecule has 2 aromatic carbocycles. The van der Waals surface area contributed by atoms with E-state index >= 15 is 0 Å². The molecule has 1 saturated heterocycles. The zero-order chi connectivity index (χ0) is 18.1. The summed E-state index contributed by atoms with van der Waals surface area (Å²) < 4.78 is 1.96. The molecule has 2 heterocycles. The summed E-state index contributed by atoms with van der Waals surface area (Å²) >= 11 is 0. The van der Waals surface area contributed by atoms with E-state index in [9.17, 15) is 5.26 Å². The van der Waals surface area contributed by atoms with Gasteiger partial charge in [-0.05, 0) is 36.2 Å². The minimum Gasteiger partial charge on any atom is -0.314 e. The predicted molar refractivity (Wildman–Crippen MR) is 103 cm³/mol. The van der Waals surface area contributed by atoms with Crippen molar-refractivity contribution in [3.05, 3.63) is 65.5 Å². The van der Waals surface area contributed by atoms with Crippen LogP contribution in [0, 0.1) is 29.1 Å². The van der Waals surface area contributed by atoms with Crippen LogP contribution in [0.15, 0.2) is 48.8 Å². The third-order valence-corrected chi connectivity index (χ3v) is 5.06. The molecule has 26 heavy (non-hydrogen) atoms. The van der Waals surface area contributed by atoms with Gasteiger partial charge in [0, 0.05) is 25.2 Å². The van der Waals surface area contributed by atoms with Gasteiger partial charge in [0.2, 0.25) is 0 Å². The van der Waals surface area contributed by atoms with E-state index in [1.807, 2.05) is 47.4 Å². The van der Waals surface area contributed by atoms with Gasteiger partial charge in [0.1, 0.15) is 0 Å². The molecule has 3 aromatic rings. The Morgan fingerprint density at radius 2 is 1.92 bits per heavy atom. The molecular weight excluding hydrogens is 320 g/mol. The minimum absolute atomic E-state index is 0.356. The van der Waals surface area contributed by atoms with E-state index < -0.39 is 0 Å². The number of benzene rings is 2. The molecule has 1 aliphatic heterocycles. The molecule has 0 unspecified atom stereocenters. The molecule has 0 radical (unpaired) electrons. The zero-order valence-electron chi connectivity index (χ0n) is 15.0. The van der Waals surface area contributed by atoms with E-state index in [-0.39, 0.29) is 5.54 Å². The molecule has 0 saturated carbocycles. The lowest BCUT2D eigenvalue weighted by Crippen LogP contribution is -2.40. The summed E-state index contributed by atoms with van der Waals surface area (Å²) in [5.41, 5.74) is 2.41. The van der Waals surface area contributed by atoms with Gasteiger partial charge in [-0.2, -0.15) is 10.4 Å². The monoisotopic (exact) mass is 340 g/mol. The van der Waals surface area contributed by atoms with Crippen molar-refractivity contribution in [1.29, 1.82) is 5.26 Å². The Labute approximate surface area is 153 Å². The highest BCUT2D eigenvalue weighted by Gasteiger charge is 2.26. The average Bonchev–Trinajstić information content (AvgIpc) is 3.09. The summed E-state index contributed by atoms with van der Waals surface area (Å²) in [6.07, 6.45) is 3.83. The number of hydrogen-bond acceptors (Lipinski definition) is 3. The number of fused-ring (bicyclic) bond motifs is 1. The summed E-state index contributed by atoms with van der Waals surface area (Å²) in [4.78, 5) is 0. The summed E-state index contributed by atoms with van der Waals surface area (Å²) in [5, 5.41) is 19.2. The molecule has 0 bridgehead atoms. The van der Waals surface area contributed by atoms with Crippen LogP contribution in [-0.4, -0.2) is 22.9 Å². The molecule has 0 spiro atoms. The van der Waals surface area contributed by atoms with Crippen LogP contribution in [0.4, 0.5) is 0 Å². The summed E-state index contributed by atoms with van der Waals surface area (Å²) in [6.45, 7) is 6.23. The number of aromatic nitrogens is 2. The van der Waals surface area contributed by atoms with Gasteiger partial charge >= 0.3 is 0 Å². The molecule has 1 fully saturated rings. The molecular formula is C22H20N4. The second kappa shape index (κ2) is 6.33. The maximum absolute atomic E-state index is 9.39. The lowest BCUT2D eigenvalue weighted by Gasteiger charge is -2.27. The van der Waals surface area contributed by atoms with Gasteiger partial charge in [0.25, 0.3) is 0 Å². The van der Waals surface area contributed by atoms with Crippen LogP contribution in [0.2, 0.25) is 0 Å². The van der Waals surface area contributed by atoms with Crippen molar-refractivity contribution in [2.45, 2.75) is 19.4 Å². The largest absolute Gasteiger partial charge is 0.314 e. The Balaban J connectivity index is 1.75. The summed E-state index contributed by atoms with van der Waals surface area (Å²) in [5.74, 6) is 6.96. The van der Waals surface area contributed by atoms with E-state index in [4.69, 9.17) is 0 Å². The minimum atomic E-state index is -0.356. The lowest BCUT2D eigenvalue weighted by molar-refractivity contribution is 0.393. The van der Waals surface area contributed by atoms with E-state index in [0.717, 1.165) is 35.0 Å². The topological polar surface area (TPSA) is 53.6 Å². The highest BCUT2D eigenvalue weighted by atomic mass is 15.3. The fraction of sp³-hybridized carbons (Fsp3) is 0.273. The van der Waals surface area contributed by atoms with Crippen molar-refractivity contribution < 1.29 is 0 Å². The molecule has 1 aliphatic rings. The Morgan fingerprint density at radius 1 is 1.15 bits per heavy atom. The number of nitrogens with one attached hydrogen (secondary N) is 1. The molecule has 4 heteroatoms. The number of hydrogen-bond donors (Lipinski definition) is 1. The highest BCUT2D eigenvalue weighted by Crippen LogP contribution is 2.33. The van der Waals surface area contributed by atoms with E-state index in [2.05, 4.69) is 48.2 Å². The second-order valence-electron chi connectivity index (χ2n) is 7.18. The third kappa shape index (κ3) is 2.75. The molecule has 4 rings (SSSR count). The Hall–Kier alpha value is -3.08. The standard InChI is InChI=1S/C22H20N4/c1-22(2,26-15-17(14-25-26)8-7-16-12-24-13-16)21-10-9-18(11-23)19-5-3-4-6-20(19)21/h3-6,9-10,14-16,24H,12-13H2,1-2H3. The van der Waals surface area contributed by atoms with Crippen molar-refractivity contribution >= 4 is 10.8 Å². The van der Waals surface area contributed by atoms with Crippen molar-refractivity contribution in [2.75, 3.05) is 13.1 Å². The first-order valence-corrected chi connectivity index (χ1v) is 8.79. The number of nitriles is 1. The van der Waals surface area contributed by atoms with Crippen LogP contribution >= 0.6 is 0 Å². The van der Waals surface area contributed by atoms with Crippen molar-refractivity contribution in [3.63, 3.8) is 0 Å². The predicted octanol–water partition coefficient (Wildman–Crippen LogP) is 3.26. The fourth-order valence-electron chi connectivity index (χ4n) is 3.32. The van der Waals surface area contributed by atoms with Gasteiger partial charge < -0.3 is 5.32 Å². The lowest BCUT2D eigenvalue weighted by atomic mass is 9.88. The van der Waals surface area contributed by atoms with Gasteiger partial charge in [-0.15, -0.1) is 0 Å². The van der Waals surface area contributed by atoms with E-state index in [0.29, 0.717) is 11.5 Å². The maximum atomic E-state index is 9.39. The first-order valence-electron chi connectivity index (χ1n) is 8.79. The molecule has 4 nitrogen and oxygen atoms in total. The van der Waals surface area contributed by atoms with Crippen LogP contribution in [0.25, 0.3) is 10.8 Å². The first kappa shape index (κ1) is 16.4. The second-order valence-corrected chi connectivity index (χ2v) is 7.18. The van der Waals surface area contributed by atoms with Gasteiger partial charge in [0.05, 0.1) is 28.9 Å². The van der Waals surface area contributed by atoms with Crippen LogP contribution in [-0.2, 0) is 5.54 Å². The van der Waals surface area contributed by atoms with Crippen molar-refractivity contribution in [1.82, 2.24) is 15.1 Å². The molecule has 0 amide bonds. The molecule has 1 aromatic heterocycles. The Bertz CT molecular complexity index is 1070.